The highest BCUT2D eigenvalue weighted by Gasteiger charge is 2.28. The Morgan fingerprint density at radius 3 is 3.05 bits per heavy atom. The third kappa shape index (κ3) is 4.98. The molecule has 0 spiro atoms. The van der Waals surface area contributed by atoms with Crippen LogP contribution in [-0.4, -0.2) is 34.4 Å². The zero-order valence-electron chi connectivity index (χ0n) is 13.2. The van der Waals surface area contributed by atoms with Gasteiger partial charge in [0.05, 0.1) is 5.75 Å². The molecule has 2 N–H and O–H groups in total. The molecule has 1 aliphatic carbocycles. The van der Waals surface area contributed by atoms with Crippen LogP contribution in [0.2, 0.25) is 0 Å². The molecule has 122 valence electrons. The summed E-state index contributed by atoms with van der Waals surface area (Å²) in [5.41, 5.74) is 0. The summed E-state index contributed by atoms with van der Waals surface area (Å²) in [6.07, 6.45) is 5.34. The van der Waals surface area contributed by atoms with Crippen molar-refractivity contribution >= 4 is 34.1 Å². The second-order valence-electron chi connectivity index (χ2n) is 5.77. The molecule has 7 heteroatoms. The fourth-order valence-electron chi connectivity index (χ4n) is 2.66. The van der Waals surface area contributed by atoms with E-state index < -0.39 is 0 Å². The highest BCUT2D eigenvalue weighted by Crippen LogP contribution is 2.30. The van der Waals surface area contributed by atoms with Gasteiger partial charge in [0, 0.05) is 12.6 Å². The van der Waals surface area contributed by atoms with Gasteiger partial charge < -0.3 is 10.6 Å². The number of nitrogens with one attached hydrogen (secondary N) is 2. The molecular weight excluding hydrogens is 316 g/mol. The van der Waals surface area contributed by atoms with Crippen LogP contribution < -0.4 is 10.6 Å². The molecule has 0 aliphatic heterocycles. The van der Waals surface area contributed by atoms with E-state index in [1.165, 1.54) is 35.9 Å². The molecule has 1 aromatic heterocycles. The quantitative estimate of drug-likeness (QED) is 0.589. The lowest BCUT2D eigenvalue weighted by atomic mass is 9.78. The second kappa shape index (κ2) is 8.53. The van der Waals surface area contributed by atoms with E-state index in [0.29, 0.717) is 30.2 Å². The van der Waals surface area contributed by atoms with Crippen molar-refractivity contribution in [2.24, 2.45) is 11.8 Å². The predicted octanol–water partition coefficient (Wildman–Crippen LogP) is 3.17. The number of carbonyl (C=O) groups is 1. The van der Waals surface area contributed by atoms with Gasteiger partial charge in [0.25, 0.3) is 0 Å². The molecule has 1 amide bonds. The van der Waals surface area contributed by atoms with Crippen molar-refractivity contribution in [3.8, 4) is 0 Å². The van der Waals surface area contributed by atoms with Crippen LogP contribution in [0.15, 0.2) is 17.0 Å². The Kier molecular flexibility index (Phi) is 6.70. The van der Waals surface area contributed by atoms with Crippen LogP contribution in [0.3, 0.4) is 0 Å². The molecule has 1 saturated carbocycles. The number of aromatic nitrogens is 2. The van der Waals surface area contributed by atoms with Crippen LogP contribution in [-0.2, 0) is 4.79 Å². The zero-order chi connectivity index (χ0) is 15.9. The Balaban J connectivity index is 1.75. The van der Waals surface area contributed by atoms with Crippen molar-refractivity contribution in [3.05, 3.63) is 12.7 Å². The van der Waals surface area contributed by atoms with Crippen LogP contribution in [0.1, 0.15) is 33.1 Å². The zero-order valence-corrected chi connectivity index (χ0v) is 14.8. The summed E-state index contributed by atoms with van der Waals surface area (Å²) in [6, 6.07) is 0.316. The van der Waals surface area contributed by atoms with Crippen molar-refractivity contribution in [2.45, 2.75) is 43.5 Å². The molecule has 0 saturated heterocycles. The van der Waals surface area contributed by atoms with Gasteiger partial charge in [-0.3, -0.25) is 4.79 Å². The van der Waals surface area contributed by atoms with E-state index in [2.05, 4.69) is 41.3 Å². The topological polar surface area (TPSA) is 66.9 Å². The Morgan fingerprint density at radius 2 is 2.27 bits per heavy atom. The SMILES string of the molecule is C=CCNc1nnc(SCC(=O)N[C@H]2CCC[C@@H](C)[C@H]2C)s1. The van der Waals surface area contributed by atoms with Crippen LogP contribution in [0.25, 0.3) is 0 Å². The maximum atomic E-state index is 12.1. The molecule has 0 bridgehead atoms. The first-order chi connectivity index (χ1) is 10.6. The lowest BCUT2D eigenvalue weighted by molar-refractivity contribution is -0.119. The van der Waals surface area contributed by atoms with Crippen LogP contribution in [0.5, 0.6) is 0 Å². The Bertz CT molecular complexity index is 505. The summed E-state index contributed by atoms with van der Waals surface area (Å²) in [5, 5.41) is 15.1. The molecule has 2 rings (SSSR count). The van der Waals surface area contributed by atoms with Gasteiger partial charge in [-0.05, 0) is 18.3 Å². The monoisotopic (exact) mass is 340 g/mol. The molecule has 1 heterocycles. The fourth-order valence-corrected chi connectivity index (χ4v) is 4.23. The standard InChI is InChI=1S/C15H24N4OS2/c1-4-8-16-14-18-19-15(22-14)21-9-13(20)17-12-7-5-6-10(2)11(12)3/h4,10-12H,1,5-9H2,2-3H3,(H,16,18)(H,17,20)/t10-,11-,12+/m1/s1. The summed E-state index contributed by atoms with van der Waals surface area (Å²) in [7, 11) is 0. The number of thioether (sulfide) groups is 1. The Hall–Kier alpha value is -1.08. The maximum absolute atomic E-state index is 12.1. The van der Waals surface area contributed by atoms with Gasteiger partial charge in [0.2, 0.25) is 11.0 Å². The first kappa shape index (κ1) is 17.3. The van der Waals surface area contributed by atoms with E-state index in [-0.39, 0.29) is 5.91 Å². The second-order valence-corrected chi connectivity index (χ2v) is 7.97. The molecule has 0 unspecified atom stereocenters. The van der Waals surface area contributed by atoms with Gasteiger partial charge in [-0.1, -0.05) is 55.9 Å². The summed E-state index contributed by atoms with van der Waals surface area (Å²) in [6.45, 7) is 8.82. The molecule has 1 aromatic rings. The largest absolute Gasteiger partial charge is 0.357 e. The van der Waals surface area contributed by atoms with Crippen LogP contribution in [0.4, 0.5) is 5.13 Å². The molecule has 3 atom stereocenters. The van der Waals surface area contributed by atoms with Crippen LogP contribution in [0, 0.1) is 11.8 Å². The van der Waals surface area contributed by atoms with E-state index in [4.69, 9.17) is 0 Å². The van der Waals surface area contributed by atoms with Gasteiger partial charge >= 0.3 is 0 Å². The van der Waals surface area contributed by atoms with Crippen molar-refractivity contribution in [2.75, 3.05) is 17.6 Å². The van der Waals surface area contributed by atoms with Crippen LogP contribution >= 0.6 is 23.1 Å². The van der Waals surface area contributed by atoms with E-state index in [9.17, 15) is 4.79 Å². The van der Waals surface area contributed by atoms with Gasteiger partial charge in [0.15, 0.2) is 4.34 Å². The number of hydrogen-bond donors (Lipinski definition) is 2. The molecule has 1 aliphatic rings. The minimum Gasteiger partial charge on any atom is -0.357 e. The number of carbonyl (C=O) groups excluding carboxylic acids is 1. The molecule has 1 fully saturated rings. The molecule has 0 radical (unpaired) electrons. The summed E-state index contributed by atoms with van der Waals surface area (Å²) >= 11 is 2.90. The van der Waals surface area contributed by atoms with E-state index in [0.717, 1.165) is 15.9 Å². The van der Waals surface area contributed by atoms with Gasteiger partial charge in [-0.25, -0.2) is 0 Å². The lowest BCUT2D eigenvalue weighted by Crippen LogP contribution is -2.44. The normalized spacial score (nSPS) is 24.7. The van der Waals surface area contributed by atoms with Gasteiger partial charge in [0.1, 0.15) is 0 Å². The van der Waals surface area contributed by atoms with Crippen molar-refractivity contribution < 1.29 is 4.79 Å². The average Bonchev–Trinajstić information content (AvgIpc) is 2.96. The number of amides is 1. The van der Waals surface area contributed by atoms with Gasteiger partial charge in [-0.2, -0.15) is 0 Å². The van der Waals surface area contributed by atoms with Crippen molar-refractivity contribution in [1.29, 1.82) is 0 Å². The fraction of sp³-hybridized carbons (Fsp3) is 0.667. The van der Waals surface area contributed by atoms with Crippen molar-refractivity contribution in [1.82, 2.24) is 15.5 Å². The lowest BCUT2D eigenvalue weighted by Gasteiger charge is -2.34. The minimum atomic E-state index is 0.0896. The molecule has 5 nitrogen and oxygen atoms in total. The minimum absolute atomic E-state index is 0.0896. The highest BCUT2D eigenvalue weighted by molar-refractivity contribution is 8.01. The number of hydrogen-bond acceptors (Lipinski definition) is 6. The number of rotatable bonds is 7. The Morgan fingerprint density at radius 1 is 1.45 bits per heavy atom. The first-order valence-corrected chi connectivity index (χ1v) is 9.50. The maximum Gasteiger partial charge on any atom is 0.230 e. The highest BCUT2D eigenvalue weighted by atomic mass is 32.2. The number of anilines is 1. The average molecular weight is 341 g/mol. The summed E-state index contributed by atoms with van der Waals surface area (Å²) in [5.74, 6) is 1.73. The summed E-state index contributed by atoms with van der Waals surface area (Å²) < 4.78 is 0.812. The smallest absolute Gasteiger partial charge is 0.230 e. The number of nitrogens with zero attached hydrogens (tertiary/aromatic N) is 2. The third-order valence-electron chi connectivity index (χ3n) is 4.18. The van der Waals surface area contributed by atoms with E-state index in [1.54, 1.807) is 6.08 Å². The van der Waals surface area contributed by atoms with E-state index in [1.807, 2.05) is 0 Å². The predicted molar refractivity (Wildman–Crippen MR) is 93.4 cm³/mol. The van der Waals surface area contributed by atoms with E-state index >= 15 is 0 Å². The first-order valence-electron chi connectivity index (χ1n) is 7.70. The summed E-state index contributed by atoms with van der Waals surface area (Å²) in [4.78, 5) is 12.1. The molecule has 22 heavy (non-hydrogen) atoms. The molecular formula is C15H24N4OS2. The third-order valence-corrected chi connectivity index (χ3v) is 6.20. The van der Waals surface area contributed by atoms with Gasteiger partial charge in [-0.15, -0.1) is 16.8 Å². The van der Waals surface area contributed by atoms with Crippen molar-refractivity contribution in [3.63, 3.8) is 0 Å². The molecule has 0 aromatic carbocycles. The Labute approximate surface area is 140 Å².